The Morgan fingerprint density at radius 1 is 1.47 bits per heavy atom. The zero-order valence-electron chi connectivity index (χ0n) is 9.11. The first-order valence-electron chi connectivity index (χ1n) is 5.28. The molecule has 5 heteroatoms. The Morgan fingerprint density at radius 3 is 3.06 bits per heavy atom. The fourth-order valence-corrected chi connectivity index (χ4v) is 1.86. The van der Waals surface area contributed by atoms with Gasteiger partial charge in [0.2, 0.25) is 0 Å². The maximum absolute atomic E-state index is 11.4. The fraction of sp³-hybridized carbons (Fsp3) is 0.250. The summed E-state index contributed by atoms with van der Waals surface area (Å²) in [7, 11) is 0. The molecule has 17 heavy (non-hydrogen) atoms. The van der Waals surface area contributed by atoms with Crippen LogP contribution in [0.3, 0.4) is 0 Å². The molecule has 0 fully saturated rings. The largest absolute Gasteiger partial charge is 0.433 e. The predicted molar refractivity (Wildman–Crippen MR) is 67.8 cm³/mol. The number of esters is 1. The third kappa shape index (κ3) is 2.87. The second-order valence-electron chi connectivity index (χ2n) is 3.62. The summed E-state index contributed by atoms with van der Waals surface area (Å²) in [5.74, 6) is -0.0795. The Balaban J connectivity index is 2.16. The highest BCUT2D eigenvalue weighted by Crippen LogP contribution is 2.30. The lowest BCUT2D eigenvalue weighted by atomic mass is 10.2. The number of carbonyl (C=O) groups excluding carboxylic acids is 1. The highest BCUT2D eigenvalue weighted by Gasteiger charge is 2.12. The molecular weight excluding hydrogens is 286 g/mol. The molecule has 4 nitrogen and oxygen atoms in total. The zero-order valence-corrected chi connectivity index (χ0v) is 10.7. The molecule has 0 spiro atoms. The van der Waals surface area contributed by atoms with Gasteiger partial charge in [0.05, 0.1) is 5.39 Å². The van der Waals surface area contributed by atoms with E-state index in [1.54, 1.807) is 6.26 Å². The summed E-state index contributed by atoms with van der Waals surface area (Å²) in [5, 5.41) is 1.68. The number of rotatable bonds is 4. The number of furan rings is 1. The van der Waals surface area contributed by atoms with E-state index in [4.69, 9.17) is 14.9 Å². The van der Waals surface area contributed by atoms with Gasteiger partial charge in [-0.05, 0) is 31.2 Å². The minimum Gasteiger partial charge on any atom is -0.433 e. The summed E-state index contributed by atoms with van der Waals surface area (Å²) in [4.78, 5) is 11.4. The van der Waals surface area contributed by atoms with Crippen LogP contribution in [0.4, 0.5) is 0 Å². The van der Waals surface area contributed by atoms with E-state index in [2.05, 4.69) is 15.9 Å². The molecule has 0 atom stereocenters. The average Bonchev–Trinajstić information content (AvgIpc) is 2.69. The second kappa shape index (κ2) is 5.33. The van der Waals surface area contributed by atoms with E-state index in [0.29, 0.717) is 19.4 Å². The summed E-state index contributed by atoms with van der Waals surface area (Å²) in [6.45, 7) is 0.473. The molecule has 0 bridgehead atoms. The van der Waals surface area contributed by atoms with Gasteiger partial charge in [-0.3, -0.25) is 4.79 Å². The van der Waals surface area contributed by atoms with Gasteiger partial charge in [-0.25, -0.2) is 0 Å². The van der Waals surface area contributed by atoms with Crippen molar-refractivity contribution in [2.45, 2.75) is 12.8 Å². The van der Waals surface area contributed by atoms with Crippen molar-refractivity contribution >= 4 is 32.7 Å². The summed E-state index contributed by atoms with van der Waals surface area (Å²) in [5.41, 5.74) is 5.32. The van der Waals surface area contributed by atoms with Crippen molar-refractivity contribution < 1.29 is 13.9 Å². The molecule has 2 N–H and O–H groups in total. The van der Waals surface area contributed by atoms with Gasteiger partial charge < -0.3 is 14.9 Å². The molecule has 0 unspecified atom stereocenters. The van der Waals surface area contributed by atoms with Crippen LogP contribution in [-0.2, 0) is 4.79 Å². The lowest BCUT2D eigenvalue weighted by Gasteiger charge is -2.00. The standard InChI is InChI=1S/C12H12BrNO3/c13-9-3-4-10-8(6-9)7-16-12(10)17-11(15)2-1-5-14/h3-4,6-7H,1-2,5,14H2. The summed E-state index contributed by atoms with van der Waals surface area (Å²) < 4.78 is 11.3. The molecule has 1 aromatic carbocycles. The lowest BCUT2D eigenvalue weighted by Crippen LogP contribution is -2.10. The molecule has 0 aliphatic heterocycles. The van der Waals surface area contributed by atoms with Crippen molar-refractivity contribution in [2.24, 2.45) is 5.73 Å². The molecular formula is C12H12BrNO3. The van der Waals surface area contributed by atoms with Gasteiger partial charge in [0, 0.05) is 16.3 Å². The number of halogens is 1. The minimum atomic E-state index is -0.324. The third-order valence-corrected chi connectivity index (χ3v) is 2.81. The van der Waals surface area contributed by atoms with E-state index < -0.39 is 0 Å². The van der Waals surface area contributed by atoms with Crippen LogP contribution in [0.15, 0.2) is 33.4 Å². The SMILES string of the molecule is NCCCC(=O)Oc1occ2cc(Br)ccc12. The maximum Gasteiger partial charge on any atom is 0.313 e. The van der Waals surface area contributed by atoms with Crippen molar-refractivity contribution in [1.82, 2.24) is 0 Å². The number of hydrogen-bond acceptors (Lipinski definition) is 4. The topological polar surface area (TPSA) is 65.5 Å². The summed E-state index contributed by atoms with van der Waals surface area (Å²) in [6, 6.07) is 5.61. The molecule has 2 aromatic rings. The molecule has 2 rings (SSSR count). The van der Waals surface area contributed by atoms with Crippen LogP contribution >= 0.6 is 15.9 Å². The van der Waals surface area contributed by atoms with E-state index in [0.717, 1.165) is 15.2 Å². The number of carbonyl (C=O) groups is 1. The molecule has 0 amide bonds. The Morgan fingerprint density at radius 2 is 2.29 bits per heavy atom. The van der Waals surface area contributed by atoms with Crippen LogP contribution in [-0.4, -0.2) is 12.5 Å². The molecule has 0 aliphatic rings. The van der Waals surface area contributed by atoms with Gasteiger partial charge in [-0.1, -0.05) is 15.9 Å². The van der Waals surface area contributed by atoms with Crippen molar-refractivity contribution in [2.75, 3.05) is 6.54 Å². The van der Waals surface area contributed by atoms with E-state index in [-0.39, 0.29) is 11.9 Å². The van der Waals surface area contributed by atoms with Crippen molar-refractivity contribution in [1.29, 1.82) is 0 Å². The predicted octanol–water partition coefficient (Wildman–Crippen LogP) is 2.84. The van der Waals surface area contributed by atoms with E-state index in [9.17, 15) is 4.79 Å². The van der Waals surface area contributed by atoms with Crippen LogP contribution in [0.5, 0.6) is 5.95 Å². The van der Waals surface area contributed by atoms with Gasteiger partial charge in [0.25, 0.3) is 5.95 Å². The molecule has 0 saturated heterocycles. The number of ether oxygens (including phenoxy) is 1. The van der Waals surface area contributed by atoms with Crippen LogP contribution in [0.1, 0.15) is 12.8 Å². The van der Waals surface area contributed by atoms with E-state index in [1.807, 2.05) is 18.2 Å². The van der Waals surface area contributed by atoms with Gasteiger partial charge in [-0.2, -0.15) is 0 Å². The summed E-state index contributed by atoms with van der Waals surface area (Å²) >= 11 is 3.36. The molecule has 0 radical (unpaired) electrons. The third-order valence-electron chi connectivity index (χ3n) is 2.32. The van der Waals surface area contributed by atoms with Crippen LogP contribution in [0.2, 0.25) is 0 Å². The molecule has 0 aliphatic carbocycles. The number of nitrogens with two attached hydrogens (primary N) is 1. The number of hydrogen-bond donors (Lipinski definition) is 1. The smallest absolute Gasteiger partial charge is 0.313 e. The van der Waals surface area contributed by atoms with Crippen molar-refractivity contribution in [3.63, 3.8) is 0 Å². The van der Waals surface area contributed by atoms with Crippen molar-refractivity contribution in [3.8, 4) is 5.95 Å². The van der Waals surface area contributed by atoms with Gasteiger partial charge in [0.15, 0.2) is 0 Å². The van der Waals surface area contributed by atoms with E-state index in [1.165, 1.54) is 0 Å². The fourth-order valence-electron chi connectivity index (χ4n) is 1.48. The van der Waals surface area contributed by atoms with Crippen LogP contribution < -0.4 is 10.5 Å². The van der Waals surface area contributed by atoms with Crippen LogP contribution in [0.25, 0.3) is 10.8 Å². The monoisotopic (exact) mass is 297 g/mol. The van der Waals surface area contributed by atoms with E-state index >= 15 is 0 Å². The first-order valence-corrected chi connectivity index (χ1v) is 6.07. The Labute approximate surface area is 107 Å². The average molecular weight is 298 g/mol. The molecule has 1 heterocycles. The number of benzene rings is 1. The highest BCUT2D eigenvalue weighted by molar-refractivity contribution is 9.10. The highest BCUT2D eigenvalue weighted by atomic mass is 79.9. The van der Waals surface area contributed by atoms with Crippen LogP contribution in [0, 0.1) is 0 Å². The second-order valence-corrected chi connectivity index (χ2v) is 4.54. The molecule has 1 aromatic heterocycles. The van der Waals surface area contributed by atoms with Gasteiger partial charge >= 0.3 is 5.97 Å². The molecule has 90 valence electrons. The Kier molecular flexibility index (Phi) is 3.81. The number of fused-ring (bicyclic) bond motifs is 1. The summed E-state index contributed by atoms with van der Waals surface area (Å²) in [6.07, 6.45) is 2.48. The maximum atomic E-state index is 11.4. The van der Waals surface area contributed by atoms with Crippen molar-refractivity contribution in [3.05, 3.63) is 28.9 Å². The first kappa shape index (κ1) is 12.1. The first-order chi connectivity index (χ1) is 8.20. The normalized spacial score (nSPS) is 10.7. The Bertz CT molecular complexity index is 536. The molecule has 0 saturated carbocycles. The minimum absolute atomic E-state index is 0.245. The quantitative estimate of drug-likeness (QED) is 0.881. The van der Waals surface area contributed by atoms with Gasteiger partial charge in [0.1, 0.15) is 6.26 Å². The Hall–Kier alpha value is -1.33. The van der Waals surface area contributed by atoms with Gasteiger partial charge in [-0.15, -0.1) is 0 Å². The lowest BCUT2D eigenvalue weighted by molar-refractivity contribution is -0.135. The zero-order chi connectivity index (χ0) is 12.3.